The molecule has 7 amide bonds. The Morgan fingerprint density at radius 2 is 0.828 bits per heavy atom. The minimum Gasteiger partial charge on any atom is -0.466 e. The second-order valence-electron chi connectivity index (χ2n) is 35.8. The van der Waals surface area contributed by atoms with E-state index in [2.05, 4.69) is 134 Å². The lowest BCUT2D eigenvalue weighted by atomic mass is 9.86. The second kappa shape index (κ2) is 55.0. The van der Waals surface area contributed by atoms with Crippen molar-refractivity contribution in [2.75, 3.05) is 98.1 Å². The maximum absolute atomic E-state index is 13.2. The van der Waals surface area contributed by atoms with Crippen LogP contribution >= 0.6 is 95.6 Å². The highest BCUT2D eigenvalue weighted by molar-refractivity contribution is 9.11. The smallest absolute Gasteiger partial charge is 0.466 e. The number of hydrogen-bond donors (Lipinski definition) is 6. The van der Waals surface area contributed by atoms with Crippen LogP contribution in [0.3, 0.4) is 0 Å². The SMILES string of the molecule is CC(C)(C)OC(=O)N1CCNC(=O)C1c1ccc(Br)cc1.CC(C)(C)OC(=O)OC(=O)OC(C)(C)C.CCOC(=O)C(Br)c1ccc(Br)cc1.CCOC(=O)Cc1ccc(Br)cc1.CN1CCN(C(=O)OC(C)(C)C)C(C)(c2ccc(Br)cc2)C1=O.CN1CCN(C(=O)OC(C)(C)C)C(C)(c2ccc(NCc3ccccc3)cc2)C1=O.NCCN.O=C1NCCNC1c1ccc(Br)cc1. The van der Waals surface area contributed by atoms with Crippen molar-refractivity contribution in [1.29, 1.82) is 0 Å². The Kier molecular flexibility index (Phi) is 47.9. The zero-order chi connectivity index (χ0) is 101. The summed E-state index contributed by atoms with van der Waals surface area (Å²) in [6, 6.07) is 54.8. The number of anilines is 1. The Morgan fingerprint density at radius 3 is 1.23 bits per heavy atom. The van der Waals surface area contributed by atoms with Crippen LogP contribution in [0, 0.1) is 0 Å². The second-order valence-corrected chi connectivity index (χ2v) is 41.3. The summed E-state index contributed by atoms with van der Waals surface area (Å²) in [5.41, 5.74) is 11.7. The zero-order valence-corrected chi connectivity index (χ0v) is 89.8. The molecular formula is C98H131Br6N11O19. The van der Waals surface area contributed by atoms with E-state index in [-0.39, 0.29) is 46.4 Å². The summed E-state index contributed by atoms with van der Waals surface area (Å²) in [4.78, 5) is 140. The Bertz CT molecular complexity index is 4890. The van der Waals surface area contributed by atoms with E-state index in [1.54, 1.807) is 98.0 Å². The van der Waals surface area contributed by atoms with Crippen LogP contribution in [0.4, 0.5) is 29.7 Å². The molecule has 0 spiro atoms. The first kappa shape index (κ1) is 117. The standard InChI is InChI=1S/C24H31N3O3.C17H23BrN2O3.C15H19BrN2O3.C10H10Br2O2.C10H11BrN2O.C10H11BrO2.C10H18O5.C2H8N2/c1-23(2,3)30-22(29)27-16-15-26(5)21(28)24(27,4)19-11-13-20(14-12-19)25-17-18-9-7-6-8-10-18;1-16(2,3)23-15(22)20-11-10-19(5)14(21)17(20,4)12-6-8-13(18)9-7-12;1-15(2,3)21-14(20)18-9-8-17-13(19)12(18)10-4-6-11(16)7-5-10;1-2-14-10(13)9(12)7-3-5-8(11)6-4-7;11-8-3-1-7(2-4-8)9-10(14)13-6-5-12-9;1-2-13-10(12)7-8-3-5-9(11)6-4-8;1-9(2,3)14-7(11)13-8(12)15-10(4,5)6;3-1-2-4/h6-14,25H,15-17H2,1-5H3;6-9H,10-11H2,1-5H3;4-7,12H,8-9H2,1-3H3,(H,17,19);3-6,9H,2H2,1H3;1-4,9,12H,5-6H2,(H,13,14);3-6H,2,7H2,1H3;1-6H3;1-4H2. The highest BCUT2D eigenvalue weighted by Crippen LogP contribution is 2.38. The lowest BCUT2D eigenvalue weighted by Crippen LogP contribution is -2.63. The molecule has 7 aromatic carbocycles. The molecule has 734 valence electrons. The van der Waals surface area contributed by atoms with E-state index < -0.39 is 75.7 Å². The van der Waals surface area contributed by atoms with Gasteiger partial charge in [-0.05, 0) is 243 Å². The van der Waals surface area contributed by atoms with Gasteiger partial charge in [0, 0.05) is 114 Å². The van der Waals surface area contributed by atoms with Crippen molar-refractivity contribution in [3.63, 3.8) is 0 Å². The van der Waals surface area contributed by atoms with Crippen molar-refractivity contribution in [1.82, 2.24) is 40.4 Å². The molecule has 5 unspecified atom stereocenters. The van der Waals surface area contributed by atoms with Crippen LogP contribution in [0.15, 0.2) is 198 Å². The molecule has 4 aliphatic heterocycles. The number of piperazine rings is 4. The molecule has 0 saturated carbocycles. The Hall–Kier alpha value is -9.53. The van der Waals surface area contributed by atoms with Crippen LogP contribution in [0.25, 0.3) is 0 Å². The maximum atomic E-state index is 13.2. The molecule has 5 atom stereocenters. The summed E-state index contributed by atoms with van der Waals surface area (Å²) in [6.45, 7) is 40.5. The van der Waals surface area contributed by atoms with Gasteiger partial charge in [0.05, 0.1) is 19.6 Å². The van der Waals surface area contributed by atoms with Crippen LogP contribution in [0.2, 0.25) is 0 Å². The molecule has 36 heteroatoms. The summed E-state index contributed by atoms with van der Waals surface area (Å²) in [5.74, 6) is -0.797. The maximum Gasteiger partial charge on any atom is 0.519 e. The number of nitrogens with two attached hydrogens (primary N) is 2. The number of likely N-dealkylation sites (N-methyl/N-ethyl adjacent to an activating group) is 2. The first-order valence-corrected chi connectivity index (χ1v) is 48.3. The molecule has 0 radical (unpaired) electrons. The number of carbonyl (C=O) groups is 11. The minimum absolute atomic E-state index is 0.0542. The molecule has 0 bridgehead atoms. The average molecular weight is 2250 g/mol. The highest BCUT2D eigenvalue weighted by atomic mass is 79.9. The largest absolute Gasteiger partial charge is 0.519 e. The summed E-state index contributed by atoms with van der Waals surface area (Å²) in [7, 11) is 3.52. The van der Waals surface area contributed by atoms with Gasteiger partial charge in [0.2, 0.25) is 11.8 Å². The number of rotatable bonds is 14. The number of amides is 7. The molecule has 0 aromatic heterocycles. The Balaban J connectivity index is 0.000000331. The summed E-state index contributed by atoms with van der Waals surface area (Å²) >= 11 is 20.1. The van der Waals surface area contributed by atoms with Crippen molar-refractivity contribution in [2.45, 2.75) is 201 Å². The van der Waals surface area contributed by atoms with Crippen LogP contribution in [0.1, 0.15) is 187 Å². The normalized spacial score (nSPS) is 17.2. The van der Waals surface area contributed by atoms with E-state index in [4.69, 9.17) is 44.6 Å². The Labute approximate surface area is 839 Å². The molecule has 4 fully saturated rings. The monoisotopic (exact) mass is 2240 g/mol. The predicted octanol–water partition coefficient (Wildman–Crippen LogP) is 19.4. The van der Waals surface area contributed by atoms with E-state index in [0.717, 1.165) is 68.0 Å². The van der Waals surface area contributed by atoms with E-state index in [9.17, 15) is 52.7 Å². The molecule has 4 saturated heterocycles. The first-order chi connectivity index (χ1) is 62.5. The van der Waals surface area contributed by atoms with Crippen LogP contribution in [-0.2, 0) is 90.7 Å². The van der Waals surface area contributed by atoms with Crippen LogP contribution in [-0.4, -0.2) is 211 Å². The number of nitrogens with zero attached hydrogens (tertiary/aromatic N) is 5. The number of esters is 2. The summed E-state index contributed by atoms with van der Waals surface area (Å²) < 4.78 is 44.9. The van der Waals surface area contributed by atoms with Gasteiger partial charge in [-0.3, -0.25) is 43.5 Å². The fourth-order valence-electron chi connectivity index (χ4n) is 12.6. The topological polar surface area (TPSA) is 378 Å². The van der Waals surface area contributed by atoms with Gasteiger partial charge in [0.15, 0.2) is 0 Å². The predicted molar refractivity (Wildman–Crippen MR) is 540 cm³/mol. The number of ether oxygens (including phenoxy) is 8. The third kappa shape index (κ3) is 40.8. The molecule has 11 rings (SSSR count). The van der Waals surface area contributed by atoms with Crippen molar-refractivity contribution < 1.29 is 90.6 Å². The first-order valence-electron chi connectivity index (χ1n) is 43.5. The molecule has 7 aromatic rings. The molecule has 134 heavy (non-hydrogen) atoms. The lowest BCUT2D eigenvalue weighted by Gasteiger charge is -2.46. The molecule has 8 N–H and O–H groups in total. The quantitative estimate of drug-likeness (QED) is 0.0255. The van der Waals surface area contributed by atoms with Gasteiger partial charge >= 0.3 is 42.5 Å². The third-order valence-corrected chi connectivity index (χ3v) is 22.5. The van der Waals surface area contributed by atoms with Gasteiger partial charge in [0.1, 0.15) is 56.0 Å². The van der Waals surface area contributed by atoms with Gasteiger partial charge in [-0.25, -0.2) is 24.0 Å². The van der Waals surface area contributed by atoms with Gasteiger partial charge in [-0.15, -0.1) is 0 Å². The van der Waals surface area contributed by atoms with Crippen molar-refractivity contribution in [2.24, 2.45) is 11.5 Å². The fraction of sp³-hybridized carbons (Fsp3) is 0.459. The van der Waals surface area contributed by atoms with Crippen LogP contribution < -0.4 is 32.7 Å². The molecular weight excluding hydrogens is 2110 g/mol. The molecule has 4 aliphatic rings. The van der Waals surface area contributed by atoms with Crippen molar-refractivity contribution in [3.05, 3.63) is 237 Å². The van der Waals surface area contributed by atoms with E-state index in [0.29, 0.717) is 85.1 Å². The molecule has 0 aliphatic carbocycles. The number of halogens is 6. The van der Waals surface area contributed by atoms with E-state index >= 15 is 0 Å². The van der Waals surface area contributed by atoms with Gasteiger partial charge in [-0.2, -0.15) is 0 Å². The fourth-order valence-corrected chi connectivity index (χ4v) is 14.4. The lowest BCUT2D eigenvalue weighted by molar-refractivity contribution is -0.149. The minimum atomic E-state index is -1.12. The number of alkyl halides is 1. The average Bonchev–Trinajstić information content (AvgIpc) is 0.753. The number of benzene rings is 7. The van der Waals surface area contributed by atoms with Gasteiger partial charge in [0.25, 0.3) is 11.8 Å². The van der Waals surface area contributed by atoms with Gasteiger partial charge in [-0.1, -0.05) is 199 Å². The van der Waals surface area contributed by atoms with Crippen molar-refractivity contribution in [3.8, 4) is 0 Å². The summed E-state index contributed by atoms with van der Waals surface area (Å²) in [6.07, 6.45) is -3.18. The third-order valence-electron chi connectivity index (χ3n) is 18.9. The Morgan fingerprint density at radius 1 is 0.448 bits per heavy atom. The van der Waals surface area contributed by atoms with Crippen molar-refractivity contribution >= 4 is 167 Å². The molecule has 30 nitrogen and oxygen atoms in total. The number of hydrogen-bond acceptors (Lipinski definition) is 23. The highest BCUT2D eigenvalue weighted by Gasteiger charge is 2.51. The number of nitrogens with one attached hydrogen (secondary N) is 4. The van der Waals surface area contributed by atoms with E-state index in [1.807, 2.05) is 226 Å². The number of carbonyl (C=O) groups excluding carboxylic acids is 11. The molecule has 4 heterocycles. The zero-order valence-electron chi connectivity index (χ0n) is 80.3. The van der Waals surface area contributed by atoms with Gasteiger partial charge < -0.3 is 80.4 Å². The van der Waals surface area contributed by atoms with Crippen LogP contribution in [0.5, 0.6) is 0 Å². The van der Waals surface area contributed by atoms with E-state index in [1.165, 1.54) is 15.4 Å². The summed E-state index contributed by atoms with van der Waals surface area (Å²) in [5, 5.41) is 12.2.